The fraction of sp³-hybridized carbons (Fsp3) is 0.333. The zero-order chi connectivity index (χ0) is 20.1. The minimum atomic E-state index is -0.476. The summed E-state index contributed by atoms with van der Waals surface area (Å²) in [7, 11) is 1.31. The van der Waals surface area contributed by atoms with Crippen molar-refractivity contribution in [3.8, 4) is 0 Å². The second-order valence-electron chi connectivity index (χ2n) is 6.84. The number of piperidine rings is 1. The molecule has 1 heterocycles. The van der Waals surface area contributed by atoms with Gasteiger partial charge in [0.1, 0.15) is 0 Å². The van der Waals surface area contributed by atoms with Gasteiger partial charge in [-0.2, -0.15) is 0 Å². The molecule has 0 spiro atoms. The van der Waals surface area contributed by atoms with Crippen LogP contribution >= 0.6 is 23.2 Å². The molecule has 28 heavy (non-hydrogen) atoms. The Labute approximate surface area is 174 Å². The Morgan fingerprint density at radius 2 is 1.96 bits per heavy atom. The van der Waals surface area contributed by atoms with Gasteiger partial charge < -0.3 is 10.1 Å². The van der Waals surface area contributed by atoms with Crippen LogP contribution in [0.15, 0.2) is 42.5 Å². The number of halogens is 2. The average Bonchev–Trinajstić information content (AvgIpc) is 2.71. The summed E-state index contributed by atoms with van der Waals surface area (Å²) < 4.78 is 4.72. The molecule has 0 aromatic heterocycles. The maximum absolute atomic E-state index is 12.8. The van der Waals surface area contributed by atoms with Crippen LogP contribution in [-0.2, 0) is 16.1 Å². The maximum atomic E-state index is 12.8. The molecule has 1 unspecified atom stereocenters. The lowest BCUT2D eigenvalue weighted by atomic mass is 9.96. The molecule has 1 fully saturated rings. The monoisotopic (exact) mass is 420 g/mol. The quantitative estimate of drug-likeness (QED) is 0.716. The molecule has 0 radical (unpaired) electrons. The van der Waals surface area contributed by atoms with E-state index in [-0.39, 0.29) is 11.8 Å². The molecule has 1 saturated heterocycles. The van der Waals surface area contributed by atoms with Crippen LogP contribution in [0, 0.1) is 5.92 Å². The summed E-state index contributed by atoms with van der Waals surface area (Å²) in [6, 6.07) is 12.4. The van der Waals surface area contributed by atoms with Crippen LogP contribution in [0.1, 0.15) is 28.8 Å². The zero-order valence-corrected chi connectivity index (χ0v) is 17.1. The summed E-state index contributed by atoms with van der Waals surface area (Å²) in [4.78, 5) is 26.7. The number of rotatable bonds is 5. The van der Waals surface area contributed by atoms with Crippen LogP contribution in [0.2, 0.25) is 10.0 Å². The first-order valence-electron chi connectivity index (χ1n) is 9.12. The average molecular weight is 421 g/mol. The number of ether oxygens (including phenoxy) is 1. The van der Waals surface area contributed by atoms with E-state index < -0.39 is 5.97 Å². The Morgan fingerprint density at radius 1 is 1.18 bits per heavy atom. The van der Waals surface area contributed by atoms with E-state index in [4.69, 9.17) is 27.9 Å². The highest BCUT2D eigenvalue weighted by Gasteiger charge is 2.26. The first-order valence-corrected chi connectivity index (χ1v) is 9.88. The third-order valence-corrected chi connectivity index (χ3v) is 5.57. The Morgan fingerprint density at radius 3 is 2.71 bits per heavy atom. The van der Waals surface area contributed by atoms with Crippen molar-refractivity contribution in [2.75, 3.05) is 25.5 Å². The fourth-order valence-electron chi connectivity index (χ4n) is 3.38. The number of nitrogens with zero attached hydrogens (tertiary/aromatic N) is 1. The Bertz CT molecular complexity index is 872. The molecule has 7 heteroatoms. The minimum absolute atomic E-state index is 0.104. The van der Waals surface area contributed by atoms with Crippen LogP contribution < -0.4 is 5.32 Å². The molecule has 1 amide bonds. The summed E-state index contributed by atoms with van der Waals surface area (Å²) in [5, 5.41) is 3.98. The molecule has 1 aliphatic heterocycles. The third-order valence-electron chi connectivity index (χ3n) is 4.87. The molecule has 5 nitrogen and oxygen atoms in total. The molecule has 3 rings (SSSR count). The lowest BCUT2D eigenvalue weighted by Crippen LogP contribution is -2.40. The van der Waals surface area contributed by atoms with Crippen molar-refractivity contribution in [2.24, 2.45) is 5.92 Å². The SMILES string of the molecule is COC(=O)c1ccc(Cl)c(NC(=O)C2CCCN(Cc3ccccc3Cl)C2)c1. The number of carbonyl (C=O) groups is 2. The topological polar surface area (TPSA) is 58.6 Å². The summed E-state index contributed by atoms with van der Waals surface area (Å²) in [6.45, 7) is 2.28. The molecule has 1 atom stereocenters. The molecular weight excluding hydrogens is 399 g/mol. The van der Waals surface area contributed by atoms with Gasteiger partial charge in [-0.05, 0) is 49.2 Å². The third kappa shape index (κ3) is 5.04. The van der Waals surface area contributed by atoms with E-state index in [2.05, 4.69) is 10.2 Å². The van der Waals surface area contributed by atoms with Crippen molar-refractivity contribution in [1.82, 2.24) is 4.90 Å². The van der Waals surface area contributed by atoms with Gasteiger partial charge in [0.2, 0.25) is 5.91 Å². The number of likely N-dealkylation sites (tertiary alicyclic amines) is 1. The standard InChI is InChI=1S/C21H22Cl2N2O3/c1-28-21(27)14-8-9-18(23)19(11-14)24-20(26)16-6-4-10-25(13-16)12-15-5-2-3-7-17(15)22/h2-3,5,7-9,11,16H,4,6,10,12-13H2,1H3,(H,24,26). The van der Waals surface area contributed by atoms with Crippen LogP contribution in [-0.4, -0.2) is 37.0 Å². The normalized spacial score (nSPS) is 17.2. The number of hydrogen-bond donors (Lipinski definition) is 1. The Balaban J connectivity index is 1.66. The predicted octanol–water partition coefficient (Wildman–Crippen LogP) is 4.63. The number of amides is 1. The van der Waals surface area contributed by atoms with E-state index in [1.54, 1.807) is 12.1 Å². The van der Waals surface area contributed by atoms with Crippen molar-refractivity contribution in [2.45, 2.75) is 19.4 Å². The van der Waals surface area contributed by atoms with Gasteiger partial charge in [0.05, 0.1) is 29.3 Å². The van der Waals surface area contributed by atoms with Gasteiger partial charge in [0.25, 0.3) is 0 Å². The number of nitrogens with one attached hydrogen (secondary N) is 1. The predicted molar refractivity (Wildman–Crippen MR) is 111 cm³/mol. The van der Waals surface area contributed by atoms with Crippen molar-refractivity contribution in [1.29, 1.82) is 0 Å². The summed E-state index contributed by atoms with van der Waals surface area (Å²) in [6.07, 6.45) is 1.73. The van der Waals surface area contributed by atoms with Gasteiger partial charge in [-0.1, -0.05) is 41.4 Å². The van der Waals surface area contributed by atoms with Gasteiger partial charge in [0.15, 0.2) is 0 Å². The molecule has 0 aliphatic carbocycles. The fourth-order valence-corrected chi connectivity index (χ4v) is 3.74. The second kappa shape index (κ2) is 9.41. The highest BCUT2D eigenvalue weighted by Crippen LogP contribution is 2.27. The summed E-state index contributed by atoms with van der Waals surface area (Å²) in [5.41, 5.74) is 1.81. The minimum Gasteiger partial charge on any atom is -0.465 e. The summed E-state index contributed by atoms with van der Waals surface area (Å²) in [5.74, 6) is -0.738. The number of hydrogen-bond acceptors (Lipinski definition) is 4. The highest BCUT2D eigenvalue weighted by atomic mass is 35.5. The van der Waals surface area contributed by atoms with Crippen LogP contribution in [0.4, 0.5) is 5.69 Å². The first-order chi connectivity index (χ1) is 13.5. The molecule has 1 N–H and O–H groups in total. The van der Waals surface area contributed by atoms with E-state index in [1.165, 1.54) is 13.2 Å². The number of benzene rings is 2. The van der Waals surface area contributed by atoms with Gasteiger partial charge >= 0.3 is 5.97 Å². The highest BCUT2D eigenvalue weighted by molar-refractivity contribution is 6.34. The van der Waals surface area contributed by atoms with Gasteiger partial charge in [-0.3, -0.25) is 9.69 Å². The zero-order valence-electron chi connectivity index (χ0n) is 15.6. The lowest BCUT2D eigenvalue weighted by Gasteiger charge is -2.32. The van der Waals surface area contributed by atoms with Gasteiger partial charge in [-0.25, -0.2) is 4.79 Å². The number of carbonyl (C=O) groups excluding carboxylic acids is 2. The Hall–Kier alpha value is -2.08. The van der Waals surface area contributed by atoms with Crippen LogP contribution in [0.3, 0.4) is 0 Å². The molecule has 148 valence electrons. The Kier molecular flexibility index (Phi) is 6.94. The smallest absolute Gasteiger partial charge is 0.337 e. The van der Waals surface area contributed by atoms with E-state index in [1.807, 2.05) is 24.3 Å². The second-order valence-corrected chi connectivity index (χ2v) is 7.66. The van der Waals surface area contributed by atoms with E-state index in [9.17, 15) is 9.59 Å². The van der Waals surface area contributed by atoms with Crippen LogP contribution in [0.5, 0.6) is 0 Å². The van der Waals surface area contributed by atoms with E-state index in [0.717, 1.165) is 30.0 Å². The van der Waals surface area contributed by atoms with E-state index >= 15 is 0 Å². The van der Waals surface area contributed by atoms with Gasteiger partial charge in [-0.15, -0.1) is 0 Å². The first kappa shape index (κ1) is 20.6. The van der Waals surface area contributed by atoms with Crippen molar-refractivity contribution in [3.05, 3.63) is 63.6 Å². The van der Waals surface area contributed by atoms with Crippen molar-refractivity contribution in [3.63, 3.8) is 0 Å². The molecule has 2 aromatic rings. The number of methoxy groups -OCH3 is 1. The lowest BCUT2D eigenvalue weighted by molar-refractivity contribution is -0.121. The van der Waals surface area contributed by atoms with Crippen molar-refractivity contribution < 1.29 is 14.3 Å². The maximum Gasteiger partial charge on any atom is 0.337 e. The molecular formula is C21H22Cl2N2O3. The number of anilines is 1. The van der Waals surface area contributed by atoms with Crippen LogP contribution in [0.25, 0.3) is 0 Å². The van der Waals surface area contributed by atoms with Crippen molar-refractivity contribution >= 4 is 40.8 Å². The van der Waals surface area contributed by atoms with E-state index in [0.29, 0.717) is 29.4 Å². The molecule has 1 aliphatic rings. The van der Waals surface area contributed by atoms with Gasteiger partial charge in [0, 0.05) is 18.1 Å². The molecule has 2 aromatic carbocycles. The summed E-state index contributed by atoms with van der Waals surface area (Å²) >= 11 is 12.4. The molecule has 0 bridgehead atoms. The largest absolute Gasteiger partial charge is 0.465 e. The number of esters is 1. The molecule has 0 saturated carbocycles.